The first-order valence-corrected chi connectivity index (χ1v) is 8.30. The molecule has 0 spiro atoms. The molecule has 0 atom stereocenters. The Hall–Kier alpha value is -2.63. The summed E-state index contributed by atoms with van der Waals surface area (Å²) in [7, 11) is 0. The summed E-state index contributed by atoms with van der Waals surface area (Å²) >= 11 is 0. The number of aromatic nitrogens is 2. The van der Waals surface area contributed by atoms with E-state index in [1.54, 1.807) is 18.3 Å². The number of fused-ring (bicyclic) bond motifs is 1. The summed E-state index contributed by atoms with van der Waals surface area (Å²) in [4.78, 5) is 25.6. The lowest BCUT2D eigenvalue weighted by molar-refractivity contribution is 0.0692. The minimum Gasteiger partial charge on any atom is -0.478 e. The van der Waals surface area contributed by atoms with Gasteiger partial charge in [0.2, 0.25) is 0 Å². The van der Waals surface area contributed by atoms with Gasteiger partial charge in [-0.25, -0.2) is 4.79 Å². The topological polar surface area (TPSA) is 75.4 Å². The maximum atomic E-state index is 12.7. The van der Waals surface area contributed by atoms with Crippen LogP contribution in [-0.4, -0.2) is 38.2 Å². The molecule has 24 heavy (non-hydrogen) atoms. The number of aromatic carboxylic acids is 1. The van der Waals surface area contributed by atoms with Gasteiger partial charge in [-0.1, -0.05) is 6.07 Å². The van der Waals surface area contributed by atoms with E-state index >= 15 is 0 Å². The zero-order chi connectivity index (χ0) is 16.7. The molecule has 1 aromatic heterocycles. The van der Waals surface area contributed by atoms with Gasteiger partial charge in [0, 0.05) is 19.3 Å². The van der Waals surface area contributed by atoms with E-state index in [0.717, 1.165) is 24.0 Å². The fourth-order valence-corrected chi connectivity index (χ4v) is 3.34. The Morgan fingerprint density at radius 2 is 2.00 bits per heavy atom. The van der Waals surface area contributed by atoms with E-state index in [1.165, 1.54) is 6.42 Å². The van der Waals surface area contributed by atoms with Crippen molar-refractivity contribution >= 4 is 11.9 Å². The zero-order valence-electron chi connectivity index (χ0n) is 13.3. The van der Waals surface area contributed by atoms with Crippen LogP contribution >= 0.6 is 0 Å². The van der Waals surface area contributed by atoms with Crippen molar-refractivity contribution in [3.05, 3.63) is 52.8 Å². The third-order valence-electron chi connectivity index (χ3n) is 5.05. The number of carbonyl (C=O) groups excluding carboxylic acids is 1. The monoisotopic (exact) mass is 325 g/mol. The van der Waals surface area contributed by atoms with E-state index in [2.05, 4.69) is 5.10 Å². The van der Waals surface area contributed by atoms with E-state index in [0.29, 0.717) is 36.7 Å². The minimum atomic E-state index is -0.917. The molecule has 0 radical (unpaired) electrons. The van der Waals surface area contributed by atoms with Crippen molar-refractivity contribution in [3.63, 3.8) is 0 Å². The molecule has 0 bridgehead atoms. The van der Waals surface area contributed by atoms with Crippen LogP contribution in [0, 0.1) is 0 Å². The highest BCUT2D eigenvalue weighted by molar-refractivity contribution is 5.94. The molecule has 1 N–H and O–H groups in total. The Morgan fingerprint density at radius 1 is 1.17 bits per heavy atom. The molecule has 1 aliphatic heterocycles. The molecule has 1 aromatic carbocycles. The Kier molecular flexibility index (Phi) is 3.59. The number of rotatable bonds is 3. The van der Waals surface area contributed by atoms with Crippen LogP contribution < -0.4 is 0 Å². The molecule has 2 aliphatic rings. The van der Waals surface area contributed by atoms with Gasteiger partial charge < -0.3 is 10.0 Å². The second kappa shape index (κ2) is 5.78. The molecular weight excluding hydrogens is 306 g/mol. The number of hydrogen-bond acceptors (Lipinski definition) is 3. The standard InChI is InChI=1S/C18H19N3O3/c22-17(15-9-19-21(11-15)16-2-1-3-16)20-7-6-12-8-13(18(23)24)4-5-14(12)10-20/h4-5,8-9,11,16H,1-3,6-7,10H2,(H,23,24). The molecule has 0 unspecified atom stereocenters. The van der Waals surface area contributed by atoms with Gasteiger partial charge in [0.25, 0.3) is 5.91 Å². The van der Waals surface area contributed by atoms with Crippen LogP contribution in [-0.2, 0) is 13.0 Å². The number of benzene rings is 1. The van der Waals surface area contributed by atoms with Crippen LogP contribution in [0.5, 0.6) is 0 Å². The van der Waals surface area contributed by atoms with Crippen molar-refractivity contribution in [1.82, 2.24) is 14.7 Å². The second-order valence-corrected chi connectivity index (χ2v) is 6.56. The third-order valence-corrected chi connectivity index (χ3v) is 5.05. The van der Waals surface area contributed by atoms with Crippen LogP contribution in [0.3, 0.4) is 0 Å². The van der Waals surface area contributed by atoms with Gasteiger partial charge >= 0.3 is 5.97 Å². The first kappa shape index (κ1) is 14.9. The summed E-state index contributed by atoms with van der Waals surface area (Å²) in [5.41, 5.74) is 2.97. The van der Waals surface area contributed by atoms with Crippen LogP contribution in [0.25, 0.3) is 0 Å². The summed E-state index contributed by atoms with van der Waals surface area (Å²) in [6.07, 6.45) is 7.70. The second-order valence-electron chi connectivity index (χ2n) is 6.56. The number of hydrogen-bond donors (Lipinski definition) is 1. The maximum Gasteiger partial charge on any atom is 0.335 e. The van der Waals surface area contributed by atoms with Crippen molar-refractivity contribution < 1.29 is 14.7 Å². The van der Waals surface area contributed by atoms with Crippen molar-refractivity contribution in [2.45, 2.75) is 38.3 Å². The average Bonchev–Trinajstić information content (AvgIpc) is 3.00. The minimum absolute atomic E-state index is 0.00599. The number of amides is 1. The number of carboxylic acids is 1. The molecule has 6 heteroatoms. The molecule has 4 rings (SSSR count). The molecule has 1 aliphatic carbocycles. The third kappa shape index (κ3) is 2.58. The summed E-state index contributed by atoms with van der Waals surface area (Å²) in [6, 6.07) is 5.58. The van der Waals surface area contributed by atoms with Gasteiger partial charge in [-0.2, -0.15) is 5.10 Å². The normalized spacial score (nSPS) is 17.2. The molecule has 2 heterocycles. The molecule has 1 amide bonds. The highest BCUT2D eigenvalue weighted by Crippen LogP contribution is 2.31. The predicted molar refractivity (Wildman–Crippen MR) is 87.0 cm³/mol. The molecule has 6 nitrogen and oxygen atoms in total. The molecular formula is C18H19N3O3. The van der Waals surface area contributed by atoms with Crippen molar-refractivity contribution in [1.29, 1.82) is 0 Å². The number of carboxylic acid groups (broad SMARTS) is 1. The summed E-state index contributed by atoms with van der Waals surface area (Å²) in [6.45, 7) is 1.12. The van der Waals surface area contributed by atoms with Crippen molar-refractivity contribution in [2.24, 2.45) is 0 Å². The highest BCUT2D eigenvalue weighted by Gasteiger charge is 2.25. The Morgan fingerprint density at radius 3 is 2.71 bits per heavy atom. The summed E-state index contributed by atoms with van der Waals surface area (Å²) in [5.74, 6) is -0.923. The van der Waals surface area contributed by atoms with Crippen molar-refractivity contribution in [3.8, 4) is 0 Å². The van der Waals surface area contributed by atoms with Gasteiger partial charge in [0.15, 0.2) is 0 Å². The van der Waals surface area contributed by atoms with E-state index in [-0.39, 0.29) is 5.91 Å². The van der Waals surface area contributed by atoms with Gasteiger partial charge in [-0.3, -0.25) is 9.48 Å². The Labute approximate surface area is 139 Å². The quantitative estimate of drug-likeness (QED) is 0.941. The van der Waals surface area contributed by atoms with Crippen LogP contribution in [0.15, 0.2) is 30.6 Å². The molecule has 124 valence electrons. The van der Waals surface area contributed by atoms with E-state index in [4.69, 9.17) is 5.11 Å². The lowest BCUT2D eigenvalue weighted by atomic mass is 9.93. The largest absolute Gasteiger partial charge is 0.478 e. The van der Waals surface area contributed by atoms with E-state index in [9.17, 15) is 9.59 Å². The fourth-order valence-electron chi connectivity index (χ4n) is 3.34. The lowest BCUT2D eigenvalue weighted by Crippen LogP contribution is -2.36. The number of carbonyl (C=O) groups is 2. The highest BCUT2D eigenvalue weighted by atomic mass is 16.4. The zero-order valence-corrected chi connectivity index (χ0v) is 13.3. The molecule has 0 saturated heterocycles. The summed E-state index contributed by atoms with van der Waals surface area (Å²) in [5, 5.41) is 13.4. The summed E-state index contributed by atoms with van der Waals surface area (Å²) < 4.78 is 1.91. The first-order valence-electron chi connectivity index (χ1n) is 8.30. The van der Waals surface area contributed by atoms with Crippen LogP contribution in [0.4, 0.5) is 0 Å². The number of nitrogens with zero attached hydrogens (tertiary/aromatic N) is 3. The van der Waals surface area contributed by atoms with Gasteiger partial charge in [0.05, 0.1) is 23.4 Å². The van der Waals surface area contributed by atoms with Gasteiger partial charge in [-0.15, -0.1) is 0 Å². The van der Waals surface area contributed by atoms with E-state index < -0.39 is 5.97 Å². The first-order chi connectivity index (χ1) is 11.6. The van der Waals surface area contributed by atoms with Gasteiger partial charge in [0.1, 0.15) is 0 Å². The average molecular weight is 325 g/mol. The van der Waals surface area contributed by atoms with Crippen LogP contribution in [0.2, 0.25) is 0 Å². The van der Waals surface area contributed by atoms with Crippen LogP contribution in [0.1, 0.15) is 57.1 Å². The molecule has 1 fully saturated rings. The lowest BCUT2D eigenvalue weighted by Gasteiger charge is -2.29. The Bertz CT molecular complexity index is 808. The molecule has 1 saturated carbocycles. The fraction of sp³-hybridized carbons (Fsp3) is 0.389. The Balaban J connectivity index is 1.50. The predicted octanol–water partition coefficient (Wildman–Crippen LogP) is 2.50. The maximum absolute atomic E-state index is 12.7. The van der Waals surface area contributed by atoms with Crippen molar-refractivity contribution in [2.75, 3.05) is 6.54 Å². The molecule has 2 aromatic rings. The smallest absolute Gasteiger partial charge is 0.335 e. The van der Waals surface area contributed by atoms with E-state index in [1.807, 2.05) is 21.8 Å². The SMILES string of the molecule is O=C(O)c1ccc2c(c1)CCN(C(=O)c1cnn(C3CCC3)c1)C2. The van der Waals surface area contributed by atoms with Gasteiger partial charge in [-0.05, 0) is 48.9 Å².